The smallest absolute Gasteiger partial charge is 0.265 e. The van der Waals surface area contributed by atoms with E-state index in [4.69, 9.17) is 11.6 Å². The van der Waals surface area contributed by atoms with E-state index in [0.717, 1.165) is 4.47 Å². The number of hydrogen-bond acceptors (Lipinski definition) is 3. The third-order valence-electron chi connectivity index (χ3n) is 2.19. The predicted molar refractivity (Wildman–Crippen MR) is 81.9 cm³/mol. The summed E-state index contributed by atoms with van der Waals surface area (Å²) in [7, 11) is -3.77. The molecule has 1 aromatic heterocycles. The molecule has 1 N–H and O–H groups in total. The number of halogens is 3. The van der Waals surface area contributed by atoms with Crippen LogP contribution in [-0.4, -0.2) is 13.4 Å². The summed E-state index contributed by atoms with van der Waals surface area (Å²) in [4.78, 5) is 3.69. The van der Waals surface area contributed by atoms with E-state index >= 15 is 0 Å². The molecule has 0 atom stereocenters. The van der Waals surface area contributed by atoms with Gasteiger partial charge < -0.3 is 0 Å². The van der Waals surface area contributed by atoms with Crippen molar-refractivity contribution in [3.63, 3.8) is 0 Å². The predicted octanol–water partition coefficient (Wildman–Crippen LogP) is 4.06. The second-order valence-electron chi connectivity index (χ2n) is 3.52. The van der Waals surface area contributed by atoms with Gasteiger partial charge in [0.1, 0.15) is 10.0 Å². The molecule has 100 valence electrons. The summed E-state index contributed by atoms with van der Waals surface area (Å²) in [6.07, 6.45) is 1.43. The normalized spacial score (nSPS) is 11.3. The van der Waals surface area contributed by atoms with Crippen LogP contribution < -0.4 is 4.72 Å². The summed E-state index contributed by atoms with van der Waals surface area (Å²) in [6.45, 7) is 0. The minimum absolute atomic E-state index is 0.0634. The van der Waals surface area contributed by atoms with Crippen molar-refractivity contribution in [3.05, 3.63) is 50.6 Å². The Morgan fingerprint density at radius 1 is 1.21 bits per heavy atom. The molecule has 0 unspecified atom stereocenters. The molecule has 0 fully saturated rings. The standard InChI is InChI=1S/C11H7Br2ClN2O2S/c12-7-3-4-9(8(13)6-7)16-19(17,18)10-2-1-5-15-11(10)14/h1-6,16H. The number of hydrogen-bond donors (Lipinski definition) is 1. The first kappa shape index (κ1) is 14.8. The van der Waals surface area contributed by atoms with Gasteiger partial charge in [-0.05, 0) is 46.3 Å². The Hall–Kier alpha value is -0.630. The second-order valence-corrected chi connectivity index (χ2v) is 7.30. The monoisotopic (exact) mass is 424 g/mol. The van der Waals surface area contributed by atoms with E-state index in [1.807, 2.05) is 0 Å². The average molecular weight is 427 g/mol. The highest BCUT2D eigenvalue weighted by Crippen LogP contribution is 2.29. The lowest BCUT2D eigenvalue weighted by Crippen LogP contribution is -2.14. The number of anilines is 1. The highest BCUT2D eigenvalue weighted by Gasteiger charge is 2.19. The van der Waals surface area contributed by atoms with Crippen molar-refractivity contribution in [1.29, 1.82) is 0 Å². The van der Waals surface area contributed by atoms with Gasteiger partial charge in [0.25, 0.3) is 10.0 Å². The van der Waals surface area contributed by atoms with E-state index in [1.165, 1.54) is 18.3 Å². The Kier molecular flexibility index (Phi) is 4.50. The van der Waals surface area contributed by atoms with Gasteiger partial charge in [0.05, 0.1) is 5.69 Å². The van der Waals surface area contributed by atoms with Gasteiger partial charge in [-0.25, -0.2) is 13.4 Å². The Morgan fingerprint density at radius 3 is 2.58 bits per heavy atom. The minimum atomic E-state index is -3.77. The molecule has 2 aromatic rings. The van der Waals surface area contributed by atoms with Crippen molar-refractivity contribution < 1.29 is 8.42 Å². The fourth-order valence-corrected chi connectivity index (χ4v) is 4.15. The largest absolute Gasteiger partial charge is 0.278 e. The Balaban J connectivity index is 2.40. The minimum Gasteiger partial charge on any atom is -0.278 e. The van der Waals surface area contributed by atoms with Gasteiger partial charge in [-0.3, -0.25) is 4.72 Å². The summed E-state index contributed by atoms with van der Waals surface area (Å²) in [5.74, 6) is 0. The lowest BCUT2D eigenvalue weighted by molar-refractivity contribution is 0.601. The molecule has 0 spiro atoms. The van der Waals surface area contributed by atoms with E-state index < -0.39 is 10.0 Å². The molecule has 0 bridgehead atoms. The zero-order chi connectivity index (χ0) is 14.0. The number of nitrogens with zero attached hydrogens (tertiary/aromatic N) is 1. The number of aromatic nitrogens is 1. The van der Waals surface area contributed by atoms with Crippen LogP contribution in [0.25, 0.3) is 0 Å². The molecule has 0 aliphatic rings. The Labute approximate surface area is 132 Å². The molecule has 0 amide bonds. The first-order valence-electron chi connectivity index (χ1n) is 4.98. The Morgan fingerprint density at radius 2 is 1.95 bits per heavy atom. The van der Waals surface area contributed by atoms with Crippen molar-refractivity contribution in [3.8, 4) is 0 Å². The summed E-state index contributed by atoms with van der Waals surface area (Å²) in [5.41, 5.74) is 0.420. The van der Waals surface area contributed by atoms with Crippen LogP contribution >= 0.6 is 43.5 Å². The zero-order valence-electron chi connectivity index (χ0n) is 9.27. The number of pyridine rings is 1. The molecule has 0 radical (unpaired) electrons. The number of benzene rings is 1. The van der Waals surface area contributed by atoms with Crippen LogP contribution in [0.3, 0.4) is 0 Å². The van der Waals surface area contributed by atoms with E-state index in [9.17, 15) is 8.42 Å². The fourth-order valence-electron chi connectivity index (χ4n) is 1.34. The maximum atomic E-state index is 12.2. The quantitative estimate of drug-likeness (QED) is 0.753. The highest BCUT2D eigenvalue weighted by atomic mass is 79.9. The Bertz CT molecular complexity index is 722. The third kappa shape index (κ3) is 3.47. The first-order chi connectivity index (χ1) is 8.90. The zero-order valence-corrected chi connectivity index (χ0v) is 14.0. The molecule has 2 rings (SSSR count). The van der Waals surface area contributed by atoms with Crippen LogP contribution in [0.4, 0.5) is 5.69 Å². The van der Waals surface area contributed by atoms with Crippen LogP contribution in [0.2, 0.25) is 5.15 Å². The number of rotatable bonds is 3. The van der Waals surface area contributed by atoms with Gasteiger partial charge in [-0.15, -0.1) is 0 Å². The number of nitrogens with one attached hydrogen (secondary N) is 1. The maximum absolute atomic E-state index is 12.2. The number of sulfonamides is 1. The highest BCUT2D eigenvalue weighted by molar-refractivity contribution is 9.11. The van der Waals surface area contributed by atoms with E-state index in [1.54, 1.807) is 18.2 Å². The van der Waals surface area contributed by atoms with Crippen LogP contribution in [0.5, 0.6) is 0 Å². The molecule has 1 aromatic carbocycles. The van der Waals surface area contributed by atoms with Crippen LogP contribution in [0.15, 0.2) is 50.4 Å². The molecule has 1 heterocycles. The summed E-state index contributed by atoms with van der Waals surface area (Å²) in [6, 6.07) is 8.01. The summed E-state index contributed by atoms with van der Waals surface area (Å²) < 4.78 is 28.3. The van der Waals surface area contributed by atoms with Gasteiger partial charge in [-0.1, -0.05) is 27.5 Å². The van der Waals surface area contributed by atoms with Crippen molar-refractivity contribution in [2.45, 2.75) is 4.90 Å². The first-order valence-corrected chi connectivity index (χ1v) is 8.43. The molecule has 0 saturated carbocycles. The molecule has 8 heteroatoms. The van der Waals surface area contributed by atoms with Gasteiger partial charge in [0.15, 0.2) is 0 Å². The molecule has 4 nitrogen and oxygen atoms in total. The van der Waals surface area contributed by atoms with Crippen molar-refractivity contribution in [1.82, 2.24) is 4.98 Å². The topological polar surface area (TPSA) is 59.1 Å². The SMILES string of the molecule is O=S(=O)(Nc1ccc(Br)cc1Br)c1cccnc1Cl. The van der Waals surface area contributed by atoms with Gasteiger partial charge in [0, 0.05) is 15.1 Å². The van der Waals surface area contributed by atoms with Gasteiger partial charge in [0.2, 0.25) is 0 Å². The molecule has 0 aliphatic heterocycles. The van der Waals surface area contributed by atoms with Gasteiger partial charge >= 0.3 is 0 Å². The second kappa shape index (κ2) is 5.78. The van der Waals surface area contributed by atoms with Crippen molar-refractivity contribution >= 4 is 59.2 Å². The van der Waals surface area contributed by atoms with Crippen LogP contribution in [0.1, 0.15) is 0 Å². The van der Waals surface area contributed by atoms with E-state index in [2.05, 4.69) is 41.6 Å². The van der Waals surface area contributed by atoms with Crippen LogP contribution in [0, 0.1) is 0 Å². The molecule has 0 saturated heterocycles. The molecular weight excluding hydrogens is 419 g/mol. The third-order valence-corrected chi connectivity index (χ3v) is 5.15. The van der Waals surface area contributed by atoms with Crippen molar-refractivity contribution in [2.75, 3.05) is 4.72 Å². The summed E-state index contributed by atoms with van der Waals surface area (Å²) in [5, 5.41) is -0.0664. The summed E-state index contributed by atoms with van der Waals surface area (Å²) >= 11 is 12.4. The maximum Gasteiger partial charge on any atom is 0.265 e. The fraction of sp³-hybridized carbons (Fsp3) is 0. The molecule has 19 heavy (non-hydrogen) atoms. The van der Waals surface area contributed by atoms with E-state index in [0.29, 0.717) is 10.2 Å². The van der Waals surface area contributed by atoms with Crippen molar-refractivity contribution in [2.24, 2.45) is 0 Å². The van der Waals surface area contributed by atoms with Gasteiger partial charge in [-0.2, -0.15) is 0 Å². The average Bonchev–Trinajstić information content (AvgIpc) is 2.33. The lowest BCUT2D eigenvalue weighted by Gasteiger charge is -2.10. The lowest BCUT2D eigenvalue weighted by atomic mass is 10.3. The van der Waals surface area contributed by atoms with Crippen LogP contribution in [-0.2, 0) is 10.0 Å². The molecule has 0 aliphatic carbocycles. The van der Waals surface area contributed by atoms with E-state index in [-0.39, 0.29) is 10.0 Å². The molecular formula is C11H7Br2ClN2O2S.